The van der Waals surface area contributed by atoms with Gasteiger partial charge in [-0.2, -0.15) is 0 Å². The fourth-order valence-electron chi connectivity index (χ4n) is 3.04. The van der Waals surface area contributed by atoms with Crippen molar-refractivity contribution in [2.45, 2.75) is 84.7 Å². The highest BCUT2D eigenvalue weighted by atomic mass is 14.9. The summed E-state index contributed by atoms with van der Waals surface area (Å²) in [5, 5.41) is 3.87. The van der Waals surface area contributed by atoms with Gasteiger partial charge in [-0.05, 0) is 50.4 Å². The van der Waals surface area contributed by atoms with E-state index < -0.39 is 0 Å². The van der Waals surface area contributed by atoms with Crippen LogP contribution in [0, 0.1) is 11.8 Å². The maximum absolute atomic E-state index is 3.87. The lowest BCUT2D eigenvalue weighted by Gasteiger charge is -2.33. The van der Waals surface area contributed by atoms with Crippen LogP contribution in [-0.4, -0.2) is 12.1 Å². The maximum atomic E-state index is 3.87. The third kappa shape index (κ3) is 4.45. The molecule has 0 amide bonds. The monoisotopic (exact) mass is 225 g/mol. The Hall–Kier alpha value is -0.0400. The van der Waals surface area contributed by atoms with Crippen molar-refractivity contribution in [2.24, 2.45) is 11.8 Å². The smallest absolute Gasteiger partial charge is 0.00698 e. The zero-order valence-corrected chi connectivity index (χ0v) is 11.8. The van der Waals surface area contributed by atoms with E-state index in [0.717, 1.165) is 23.9 Å². The Morgan fingerprint density at radius 2 is 1.69 bits per heavy atom. The highest BCUT2D eigenvalue weighted by Gasteiger charge is 2.24. The normalized spacial score (nSPS) is 28.3. The van der Waals surface area contributed by atoms with E-state index in [2.05, 4.69) is 33.0 Å². The molecule has 1 nitrogen and oxygen atoms in total. The first kappa shape index (κ1) is 14.0. The van der Waals surface area contributed by atoms with Gasteiger partial charge in [-0.1, -0.05) is 34.1 Å². The number of hydrogen-bond donors (Lipinski definition) is 1. The standard InChI is InChI=1S/C15H31N/c1-5-7-14(6-2)16-15-10-8-13(9-11-15)12(3)4/h12-16H,5-11H2,1-4H3. The van der Waals surface area contributed by atoms with E-state index in [4.69, 9.17) is 0 Å². The molecular formula is C15H31N. The van der Waals surface area contributed by atoms with Gasteiger partial charge in [0.2, 0.25) is 0 Å². The van der Waals surface area contributed by atoms with Gasteiger partial charge in [0.15, 0.2) is 0 Å². The van der Waals surface area contributed by atoms with Crippen LogP contribution in [0.3, 0.4) is 0 Å². The van der Waals surface area contributed by atoms with E-state index in [9.17, 15) is 0 Å². The molecule has 0 aromatic carbocycles. The van der Waals surface area contributed by atoms with Gasteiger partial charge in [0.05, 0.1) is 0 Å². The summed E-state index contributed by atoms with van der Waals surface area (Å²) in [5.41, 5.74) is 0. The number of hydrogen-bond acceptors (Lipinski definition) is 1. The predicted molar refractivity (Wildman–Crippen MR) is 72.7 cm³/mol. The molecule has 0 aliphatic heterocycles. The van der Waals surface area contributed by atoms with E-state index in [0.29, 0.717) is 0 Å². The van der Waals surface area contributed by atoms with Gasteiger partial charge in [-0.3, -0.25) is 0 Å². The lowest BCUT2D eigenvalue weighted by molar-refractivity contribution is 0.224. The van der Waals surface area contributed by atoms with E-state index in [-0.39, 0.29) is 0 Å². The van der Waals surface area contributed by atoms with Crippen molar-refractivity contribution in [1.29, 1.82) is 0 Å². The summed E-state index contributed by atoms with van der Waals surface area (Å²) in [4.78, 5) is 0. The molecule has 0 aromatic rings. The summed E-state index contributed by atoms with van der Waals surface area (Å²) in [5.74, 6) is 1.88. The van der Waals surface area contributed by atoms with Crippen LogP contribution < -0.4 is 5.32 Å². The van der Waals surface area contributed by atoms with Crippen LogP contribution in [0.15, 0.2) is 0 Å². The maximum Gasteiger partial charge on any atom is 0.00698 e. The van der Waals surface area contributed by atoms with Crippen molar-refractivity contribution in [1.82, 2.24) is 5.32 Å². The molecule has 0 aromatic heterocycles. The van der Waals surface area contributed by atoms with Gasteiger partial charge in [0.25, 0.3) is 0 Å². The molecule has 96 valence electrons. The molecule has 0 heterocycles. The molecule has 1 N–H and O–H groups in total. The molecule has 1 fully saturated rings. The molecule has 0 radical (unpaired) electrons. The van der Waals surface area contributed by atoms with Gasteiger partial charge in [0, 0.05) is 12.1 Å². The summed E-state index contributed by atoms with van der Waals surface area (Å²) in [6.45, 7) is 9.36. The molecule has 1 heteroatoms. The molecule has 1 rings (SSSR count). The van der Waals surface area contributed by atoms with Gasteiger partial charge in [-0.15, -0.1) is 0 Å². The van der Waals surface area contributed by atoms with Gasteiger partial charge in [-0.25, -0.2) is 0 Å². The molecule has 1 aliphatic rings. The molecule has 1 atom stereocenters. The van der Waals surface area contributed by atoms with E-state index in [1.165, 1.54) is 44.9 Å². The van der Waals surface area contributed by atoms with E-state index >= 15 is 0 Å². The summed E-state index contributed by atoms with van der Waals surface area (Å²) in [6, 6.07) is 1.58. The van der Waals surface area contributed by atoms with Gasteiger partial charge < -0.3 is 5.32 Å². The SMILES string of the molecule is CCCC(CC)NC1CCC(C(C)C)CC1. The lowest BCUT2D eigenvalue weighted by atomic mass is 9.79. The Bertz CT molecular complexity index is 168. The van der Waals surface area contributed by atoms with Crippen molar-refractivity contribution < 1.29 is 0 Å². The van der Waals surface area contributed by atoms with Crippen molar-refractivity contribution >= 4 is 0 Å². The van der Waals surface area contributed by atoms with Crippen LogP contribution in [0.2, 0.25) is 0 Å². The van der Waals surface area contributed by atoms with Gasteiger partial charge >= 0.3 is 0 Å². The average Bonchev–Trinajstić information content (AvgIpc) is 2.29. The summed E-state index contributed by atoms with van der Waals surface area (Å²) < 4.78 is 0. The molecule has 0 spiro atoms. The summed E-state index contributed by atoms with van der Waals surface area (Å²) >= 11 is 0. The molecule has 0 bridgehead atoms. The van der Waals surface area contributed by atoms with Crippen LogP contribution >= 0.6 is 0 Å². The average molecular weight is 225 g/mol. The number of nitrogens with one attached hydrogen (secondary N) is 1. The minimum atomic E-state index is 0.769. The fraction of sp³-hybridized carbons (Fsp3) is 1.00. The number of rotatable bonds is 6. The van der Waals surface area contributed by atoms with E-state index in [1.54, 1.807) is 0 Å². The second-order valence-electron chi connectivity index (χ2n) is 5.92. The van der Waals surface area contributed by atoms with Crippen LogP contribution in [-0.2, 0) is 0 Å². The topological polar surface area (TPSA) is 12.0 Å². The lowest BCUT2D eigenvalue weighted by Crippen LogP contribution is -2.40. The first-order valence-corrected chi connectivity index (χ1v) is 7.43. The molecule has 0 saturated heterocycles. The van der Waals surface area contributed by atoms with Crippen molar-refractivity contribution in [3.8, 4) is 0 Å². The van der Waals surface area contributed by atoms with Crippen molar-refractivity contribution in [2.75, 3.05) is 0 Å². The molecular weight excluding hydrogens is 194 g/mol. The first-order valence-electron chi connectivity index (χ1n) is 7.43. The Morgan fingerprint density at radius 1 is 1.06 bits per heavy atom. The zero-order chi connectivity index (χ0) is 12.0. The minimum Gasteiger partial charge on any atom is -0.311 e. The third-order valence-corrected chi connectivity index (χ3v) is 4.32. The Labute approximate surface area is 102 Å². The Morgan fingerprint density at radius 3 is 2.12 bits per heavy atom. The highest BCUT2D eigenvalue weighted by molar-refractivity contribution is 4.81. The van der Waals surface area contributed by atoms with Crippen LogP contribution in [0.25, 0.3) is 0 Å². The quantitative estimate of drug-likeness (QED) is 0.708. The second-order valence-corrected chi connectivity index (χ2v) is 5.92. The van der Waals surface area contributed by atoms with Crippen LogP contribution in [0.4, 0.5) is 0 Å². The molecule has 16 heavy (non-hydrogen) atoms. The van der Waals surface area contributed by atoms with Crippen molar-refractivity contribution in [3.05, 3.63) is 0 Å². The second kappa shape index (κ2) is 7.32. The molecule has 1 aliphatic carbocycles. The predicted octanol–water partition coefficient (Wildman–Crippen LogP) is 4.37. The largest absolute Gasteiger partial charge is 0.311 e. The van der Waals surface area contributed by atoms with Crippen LogP contribution in [0.1, 0.15) is 72.6 Å². The van der Waals surface area contributed by atoms with Gasteiger partial charge in [0.1, 0.15) is 0 Å². The molecule has 1 unspecified atom stereocenters. The first-order chi connectivity index (χ1) is 7.67. The zero-order valence-electron chi connectivity index (χ0n) is 11.8. The molecule has 1 saturated carbocycles. The highest BCUT2D eigenvalue weighted by Crippen LogP contribution is 2.30. The Kier molecular flexibility index (Phi) is 6.41. The third-order valence-electron chi connectivity index (χ3n) is 4.32. The fourth-order valence-corrected chi connectivity index (χ4v) is 3.04. The van der Waals surface area contributed by atoms with Crippen LogP contribution in [0.5, 0.6) is 0 Å². The van der Waals surface area contributed by atoms with Crippen molar-refractivity contribution in [3.63, 3.8) is 0 Å². The van der Waals surface area contributed by atoms with E-state index in [1.807, 2.05) is 0 Å². The Balaban J connectivity index is 2.25. The minimum absolute atomic E-state index is 0.769. The summed E-state index contributed by atoms with van der Waals surface area (Å²) in [6.07, 6.45) is 9.65. The summed E-state index contributed by atoms with van der Waals surface area (Å²) in [7, 11) is 0.